The van der Waals surface area contributed by atoms with Crippen molar-refractivity contribution in [3.8, 4) is 11.3 Å². The fourth-order valence-corrected chi connectivity index (χ4v) is 3.27. The average molecular weight is 316 g/mol. The molecule has 2 N–H and O–H groups in total. The smallest absolute Gasteiger partial charge is 0.271 e. The van der Waals surface area contributed by atoms with E-state index in [1.54, 1.807) is 0 Å². The van der Waals surface area contributed by atoms with Gasteiger partial charge in [0.25, 0.3) is 5.91 Å². The quantitative estimate of drug-likeness (QED) is 0.893. The van der Waals surface area contributed by atoms with Gasteiger partial charge < -0.3 is 10.2 Å². The Morgan fingerprint density at radius 2 is 2.22 bits per heavy atom. The number of aromatic amines is 1. The van der Waals surface area contributed by atoms with Crippen molar-refractivity contribution >= 4 is 5.91 Å². The van der Waals surface area contributed by atoms with Gasteiger partial charge in [0.05, 0.1) is 11.4 Å². The molecule has 7 heteroatoms. The van der Waals surface area contributed by atoms with E-state index in [2.05, 4.69) is 20.6 Å². The Morgan fingerprint density at radius 1 is 1.43 bits per heavy atom. The summed E-state index contributed by atoms with van der Waals surface area (Å²) in [5.41, 5.74) is 4.28. The first-order chi connectivity index (χ1) is 11.0. The maximum atomic E-state index is 12.7. The number of piperidine rings is 1. The number of H-pyrrole nitrogens is 1. The molecular formula is C16H24N6O. The molecule has 3 heterocycles. The highest BCUT2D eigenvalue weighted by atomic mass is 16.2. The molecule has 1 amide bonds. The number of likely N-dealkylation sites (tertiary alicyclic amines) is 1. The summed E-state index contributed by atoms with van der Waals surface area (Å²) in [4.78, 5) is 14.6. The fraction of sp³-hybridized carbons (Fsp3) is 0.562. The van der Waals surface area contributed by atoms with Gasteiger partial charge >= 0.3 is 0 Å². The molecule has 0 aromatic carbocycles. The van der Waals surface area contributed by atoms with Crippen LogP contribution in [0.2, 0.25) is 0 Å². The largest absolute Gasteiger partial charge is 0.336 e. The van der Waals surface area contributed by atoms with Gasteiger partial charge in [0, 0.05) is 37.4 Å². The number of aryl methyl sites for hydroxylation is 2. The van der Waals surface area contributed by atoms with Crippen molar-refractivity contribution in [2.75, 3.05) is 20.1 Å². The van der Waals surface area contributed by atoms with Crippen molar-refractivity contribution in [1.82, 2.24) is 30.2 Å². The van der Waals surface area contributed by atoms with Gasteiger partial charge in [-0.25, -0.2) is 0 Å². The Morgan fingerprint density at radius 3 is 2.87 bits per heavy atom. The standard InChI is InChI=1S/C16H24N6O/c1-10-15(11(2)21(4)20-10)13-8-14(19-18-13)16(23)22-7-5-6-12(9-22)17-3/h8,12,17H,5-7,9H2,1-4H3,(H,18,19)/t12-/m0/s1. The Labute approximate surface area is 136 Å². The molecule has 0 unspecified atom stereocenters. The van der Waals surface area contributed by atoms with Gasteiger partial charge in [-0.2, -0.15) is 10.2 Å². The molecule has 0 bridgehead atoms. The van der Waals surface area contributed by atoms with E-state index in [-0.39, 0.29) is 5.91 Å². The van der Waals surface area contributed by atoms with Crippen molar-refractivity contribution in [1.29, 1.82) is 0 Å². The van der Waals surface area contributed by atoms with Crippen LogP contribution in [-0.4, -0.2) is 57.0 Å². The first kappa shape index (κ1) is 15.7. The van der Waals surface area contributed by atoms with Crippen molar-refractivity contribution in [3.05, 3.63) is 23.1 Å². The van der Waals surface area contributed by atoms with Crippen LogP contribution in [0.3, 0.4) is 0 Å². The lowest BCUT2D eigenvalue weighted by Crippen LogP contribution is -2.47. The Kier molecular flexibility index (Phi) is 4.21. The molecule has 1 saturated heterocycles. The van der Waals surface area contributed by atoms with Gasteiger partial charge in [-0.3, -0.25) is 14.6 Å². The molecule has 124 valence electrons. The molecule has 3 rings (SSSR count). The van der Waals surface area contributed by atoms with E-state index >= 15 is 0 Å². The summed E-state index contributed by atoms with van der Waals surface area (Å²) >= 11 is 0. The highest BCUT2D eigenvalue weighted by molar-refractivity contribution is 5.93. The molecule has 1 aliphatic rings. The lowest BCUT2D eigenvalue weighted by Gasteiger charge is -2.32. The van der Waals surface area contributed by atoms with Crippen molar-refractivity contribution in [3.63, 3.8) is 0 Å². The predicted molar refractivity (Wildman–Crippen MR) is 88.2 cm³/mol. The minimum Gasteiger partial charge on any atom is -0.336 e. The van der Waals surface area contributed by atoms with Crippen LogP contribution in [0.15, 0.2) is 6.07 Å². The molecular weight excluding hydrogens is 292 g/mol. The Hall–Kier alpha value is -2.15. The molecule has 0 saturated carbocycles. The van der Waals surface area contributed by atoms with Crippen LogP contribution in [0, 0.1) is 13.8 Å². The molecule has 23 heavy (non-hydrogen) atoms. The van der Waals surface area contributed by atoms with Crippen LogP contribution in [0.25, 0.3) is 11.3 Å². The maximum absolute atomic E-state index is 12.7. The summed E-state index contributed by atoms with van der Waals surface area (Å²) in [7, 11) is 3.86. The second-order valence-corrected chi connectivity index (χ2v) is 6.22. The number of rotatable bonds is 3. The van der Waals surface area contributed by atoms with Crippen LogP contribution in [0.4, 0.5) is 0 Å². The molecule has 1 aliphatic heterocycles. The van der Waals surface area contributed by atoms with E-state index in [1.807, 2.05) is 43.6 Å². The highest BCUT2D eigenvalue weighted by Gasteiger charge is 2.25. The second-order valence-electron chi connectivity index (χ2n) is 6.22. The summed E-state index contributed by atoms with van der Waals surface area (Å²) in [5.74, 6) is 0.0166. The van der Waals surface area contributed by atoms with Gasteiger partial charge in [0.1, 0.15) is 5.69 Å². The topological polar surface area (TPSA) is 78.8 Å². The number of hydrogen-bond donors (Lipinski definition) is 2. The van der Waals surface area contributed by atoms with Gasteiger partial charge in [-0.15, -0.1) is 0 Å². The first-order valence-electron chi connectivity index (χ1n) is 8.03. The van der Waals surface area contributed by atoms with Crippen LogP contribution in [0.5, 0.6) is 0 Å². The number of amides is 1. The zero-order chi connectivity index (χ0) is 16.6. The van der Waals surface area contributed by atoms with Crippen molar-refractivity contribution in [2.24, 2.45) is 7.05 Å². The van der Waals surface area contributed by atoms with E-state index in [4.69, 9.17) is 0 Å². The summed E-state index contributed by atoms with van der Waals surface area (Å²) in [6.45, 7) is 5.51. The summed E-state index contributed by atoms with van der Waals surface area (Å²) < 4.78 is 1.84. The third-order valence-corrected chi connectivity index (χ3v) is 4.69. The number of carbonyl (C=O) groups excluding carboxylic acids is 1. The third kappa shape index (κ3) is 2.88. The zero-order valence-corrected chi connectivity index (χ0v) is 14.2. The van der Waals surface area contributed by atoms with E-state index < -0.39 is 0 Å². The third-order valence-electron chi connectivity index (χ3n) is 4.69. The number of nitrogens with zero attached hydrogens (tertiary/aromatic N) is 4. The molecule has 2 aromatic heterocycles. The molecule has 1 atom stereocenters. The zero-order valence-electron chi connectivity index (χ0n) is 14.2. The van der Waals surface area contributed by atoms with Crippen molar-refractivity contribution < 1.29 is 4.79 Å². The number of nitrogens with one attached hydrogen (secondary N) is 2. The lowest BCUT2D eigenvalue weighted by atomic mass is 10.1. The second kappa shape index (κ2) is 6.16. The van der Waals surface area contributed by atoms with E-state index in [9.17, 15) is 4.79 Å². The summed E-state index contributed by atoms with van der Waals surface area (Å²) in [6, 6.07) is 2.21. The minimum atomic E-state index is 0.0166. The monoisotopic (exact) mass is 316 g/mol. The highest BCUT2D eigenvalue weighted by Crippen LogP contribution is 2.25. The van der Waals surface area contributed by atoms with E-state index in [1.165, 1.54) is 0 Å². The van der Waals surface area contributed by atoms with Crippen LogP contribution in [-0.2, 0) is 7.05 Å². The average Bonchev–Trinajstić information content (AvgIpc) is 3.12. The van der Waals surface area contributed by atoms with Crippen LogP contribution >= 0.6 is 0 Å². The van der Waals surface area contributed by atoms with Crippen LogP contribution < -0.4 is 5.32 Å². The molecule has 7 nitrogen and oxygen atoms in total. The number of hydrogen-bond acceptors (Lipinski definition) is 4. The Balaban J connectivity index is 1.83. The predicted octanol–water partition coefficient (Wildman–Crippen LogP) is 1.25. The molecule has 0 spiro atoms. The molecule has 0 radical (unpaired) electrons. The number of aromatic nitrogens is 4. The Bertz CT molecular complexity index is 716. The lowest BCUT2D eigenvalue weighted by molar-refractivity contribution is 0.0692. The van der Waals surface area contributed by atoms with E-state index in [0.717, 1.165) is 48.6 Å². The molecule has 1 fully saturated rings. The minimum absolute atomic E-state index is 0.0166. The summed E-state index contributed by atoms with van der Waals surface area (Å²) in [6.07, 6.45) is 2.14. The number of likely N-dealkylation sites (N-methyl/N-ethyl adjacent to an activating group) is 1. The first-order valence-corrected chi connectivity index (χ1v) is 8.03. The maximum Gasteiger partial charge on any atom is 0.271 e. The van der Waals surface area contributed by atoms with Gasteiger partial charge in [-0.05, 0) is 39.8 Å². The normalized spacial score (nSPS) is 18.4. The fourth-order valence-electron chi connectivity index (χ4n) is 3.27. The van der Waals surface area contributed by atoms with Crippen molar-refractivity contribution in [2.45, 2.75) is 32.7 Å². The number of carbonyl (C=O) groups is 1. The molecule has 0 aliphatic carbocycles. The summed E-state index contributed by atoms with van der Waals surface area (Å²) in [5, 5.41) is 14.9. The SMILES string of the molecule is CN[C@H]1CCCN(C(=O)c2cc(-c3c(C)nn(C)c3C)n[nH]2)C1. The van der Waals surface area contributed by atoms with Gasteiger partial charge in [-0.1, -0.05) is 0 Å². The van der Waals surface area contributed by atoms with Crippen LogP contribution in [0.1, 0.15) is 34.7 Å². The van der Waals surface area contributed by atoms with Gasteiger partial charge in [0.15, 0.2) is 0 Å². The molecule has 2 aromatic rings. The van der Waals surface area contributed by atoms with Gasteiger partial charge in [0.2, 0.25) is 0 Å². The van der Waals surface area contributed by atoms with E-state index in [0.29, 0.717) is 11.7 Å².